The van der Waals surface area contributed by atoms with E-state index in [4.69, 9.17) is 0 Å². The highest BCUT2D eigenvalue weighted by Crippen LogP contribution is 2.26. The van der Waals surface area contributed by atoms with Crippen molar-refractivity contribution in [2.75, 3.05) is 20.6 Å². The Morgan fingerprint density at radius 1 is 1.50 bits per heavy atom. The summed E-state index contributed by atoms with van der Waals surface area (Å²) < 4.78 is 0. The summed E-state index contributed by atoms with van der Waals surface area (Å²) in [4.78, 5) is 10.8. The first kappa shape index (κ1) is 17.2. The van der Waals surface area contributed by atoms with Crippen LogP contribution in [0, 0.1) is 12.8 Å². The summed E-state index contributed by atoms with van der Waals surface area (Å²) >= 11 is 1.66. The molecule has 1 aliphatic carbocycles. The molecule has 0 spiro atoms. The number of thiazole rings is 1. The molecule has 1 heterocycles. The van der Waals surface area contributed by atoms with Gasteiger partial charge in [0.15, 0.2) is 5.96 Å². The van der Waals surface area contributed by atoms with Crippen LogP contribution in [0.15, 0.2) is 10.4 Å². The molecule has 1 fully saturated rings. The van der Waals surface area contributed by atoms with Crippen LogP contribution >= 0.6 is 11.3 Å². The molecule has 2 rings (SSSR count). The van der Waals surface area contributed by atoms with Crippen LogP contribution in [-0.2, 0) is 6.54 Å². The fourth-order valence-electron chi connectivity index (χ4n) is 3.06. The predicted octanol–water partition coefficient (Wildman–Crippen LogP) is 2.40. The number of aryl methyl sites for hydroxylation is 1. The third kappa shape index (κ3) is 4.95. The average molecular weight is 324 g/mol. The minimum atomic E-state index is -0.285. The van der Waals surface area contributed by atoms with Crippen molar-refractivity contribution in [2.24, 2.45) is 10.9 Å². The number of guanidine groups is 1. The summed E-state index contributed by atoms with van der Waals surface area (Å²) in [7, 11) is 3.77. The molecule has 1 aromatic heterocycles. The van der Waals surface area contributed by atoms with Gasteiger partial charge in [0.05, 0.1) is 23.4 Å². The lowest BCUT2D eigenvalue weighted by Crippen LogP contribution is -2.43. The van der Waals surface area contributed by atoms with E-state index >= 15 is 0 Å². The lowest BCUT2D eigenvalue weighted by atomic mass is 9.85. The molecule has 1 aromatic rings. The van der Waals surface area contributed by atoms with Gasteiger partial charge in [0.1, 0.15) is 0 Å². The van der Waals surface area contributed by atoms with E-state index in [2.05, 4.69) is 20.7 Å². The van der Waals surface area contributed by atoms with Crippen LogP contribution in [-0.4, -0.2) is 47.7 Å². The molecular weight excluding hydrogens is 296 g/mol. The maximum atomic E-state index is 10.3. The second-order valence-corrected chi connectivity index (χ2v) is 7.17. The maximum absolute atomic E-state index is 10.3. The second kappa shape index (κ2) is 8.48. The van der Waals surface area contributed by atoms with Gasteiger partial charge in [0.25, 0.3) is 0 Å². The number of rotatable bonds is 5. The molecule has 0 aromatic carbocycles. The highest BCUT2D eigenvalue weighted by atomic mass is 32.1. The second-order valence-electron chi connectivity index (χ2n) is 6.11. The van der Waals surface area contributed by atoms with E-state index in [0.717, 1.165) is 36.0 Å². The van der Waals surface area contributed by atoms with Gasteiger partial charge in [-0.1, -0.05) is 19.3 Å². The summed E-state index contributed by atoms with van der Waals surface area (Å²) in [6.07, 6.45) is 5.82. The first-order valence-electron chi connectivity index (χ1n) is 8.11. The number of hydrogen-bond acceptors (Lipinski definition) is 4. The van der Waals surface area contributed by atoms with Gasteiger partial charge in [0.2, 0.25) is 0 Å². The van der Waals surface area contributed by atoms with Crippen molar-refractivity contribution in [3.8, 4) is 0 Å². The third-order valence-electron chi connectivity index (χ3n) is 4.30. The molecular formula is C16H28N4OS. The molecule has 0 amide bonds. The zero-order valence-corrected chi connectivity index (χ0v) is 14.7. The van der Waals surface area contributed by atoms with Gasteiger partial charge < -0.3 is 15.3 Å². The Morgan fingerprint density at radius 3 is 2.82 bits per heavy atom. The molecule has 0 radical (unpaired) electrons. The lowest BCUT2D eigenvalue weighted by molar-refractivity contribution is 0.0874. The largest absolute Gasteiger partial charge is 0.391 e. The van der Waals surface area contributed by atoms with Gasteiger partial charge in [0, 0.05) is 26.0 Å². The minimum Gasteiger partial charge on any atom is -0.391 e. The Bertz CT molecular complexity index is 482. The lowest BCUT2D eigenvalue weighted by Gasteiger charge is -2.28. The zero-order chi connectivity index (χ0) is 15.9. The minimum absolute atomic E-state index is 0.285. The van der Waals surface area contributed by atoms with Gasteiger partial charge in [-0.2, -0.15) is 0 Å². The quantitative estimate of drug-likeness (QED) is 0.645. The standard InChI is InChI=1S/C16H28N4OS/c1-12-19-14(11-22-12)10-20(3)16(17-2)18-9-15(21)13-7-5-4-6-8-13/h11,13,15,21H,4-10H2,1-3H3,(H,17,18). The number of aromatic nitrogens is 1. The number of hydrogen-bond donors (Lipinski definition) is 2. The molecule has 2 N–H and O–H groups in total. The Morgan fingerprint density at radius 2 is 2.23 bits per heavy atom. The van der Waals surface area contributed by atoms with Crippen molar-refractivity contribution in [3.63, 3.8) is 0 Å². The molecule has 124 valence electrons. The van der Waals surface area contributed by atoms with E-state index in [0.29, 0.717) is 12.5 Å². The number of aliphatic hydroxyl groups is 1. The number of nitrogens with one attached hydrogen (secondary N) is 1. The van der Waals surface area contributed by atoms with Crippen molar-refractivity contribution in [1.82, 2.24) is 15.2 Å². The molecule has 22 heavy (non-hydrogen) atoms. The zero-order valence-electron chi connectivity index (χ0n) is 13.9. The highest BCUT2D eigenvalue weighted by molar-refractivity contribution is 7.09. The fourth-order valence-corrected chi connectivity index (χ4v) is 3.67. The summed E-state index contributed by atoms with van der Waals surface area (Å²) in [6, 6.07) is 0. The molecule has 0 saturated heterocycles. The van der Waals surface area contributed by atoms with Gasteiger partial charge in [-0.25, -0.2) is 4.98 Å². The molecule has 1 unspecified atom stereocenters. The van der Waals surface area contributed by atoms with Gasteiger partial charge in [-0.05, 0) is 25.7 Å². The van der Waals surface area contributed by atoms with E-state index in [1.54, 1.807) is 18.4 Å². The maximum Gasteiger partial charge on any atom is 0.193 e. The summed E-state index contributed by atoms with van der Waals surface area (Å²) in [5, 5.41) is 16.8. The first-order chi connectivity index (χ1) is 10.6. The summed E-state index contributed by atoms with van der Waals surface area (Å²) in [6.45, 7) is 3.31. The van der Waals surface area contributed by atoms with Crippen LogP contribution in [0.4, 0.5) is 0 Å². The summed E-state index contributed by atoms with van der Waals surface area (Å²) in [5.41, 5.74) is 1.06. The molecule has 6 heteroatoms. The third-order valence-corrected chi connectivity index (χ3v) is 5.12. The van der Waals surface area contributed by atoms with Crippen LogP contribution in [0.3, 0.4) is 0 Å². The molecule has 0 bridgehead atoms. The molecule has 1 saturated carbocycles. The van der Waals surface area contributed by atoms with Crippen molar-refractivity contribution < 1.29 is 5.11 Å². The Labute approximate surface area is 137 Å². The molecule has 0 aliphatic heterocycles. The van der Waals surface area contributed by atoms with E-state index in [1.165, 1.54) is 19.3 Å². The number of aliphatic imine (C=N–C) groups is 1. The van der Waals surface area contributed by atoms with E-state index in [9.17, 15) is 5.11 Å². The van der Waals surface area contributed by atoms with Crippen molar-refractivity contribution in [3.05, 3.63) is 16.1 Å². The first-order valence-corrected chi connectivity index (χ1v) is 8.99. The van der Waals surface area contributed by atoms with E-state index in [-0.39, 0.29) is 6.10 Å². The number of aliphatic hydroxyl groups excluding tert-OH is 1. The van der Waals surface area contributed by atoms with Gasteiger partial charge >= 0.3 is 0 Å². The molecule has 1 atom stereocenters. The van der Waals surface area contributed by atoms with Crippen LogP contribution < -0.4 is 5.32 Å². The van der Waals surface area contributed by atoms with Crippen LogP contribution in [0.2, 0.25) is 0 Å². The van der Waals surface area contributed by atoms with Crippen molar-refractivity contribution >= 4 is 17.3 Å². The van der Waals surface area contributed by atoms with Crippen LogP contribution in [0.5, 0.6) is 0 Å². The number of nitrogens with zero attached hydrogens (tertiary/aromatic N) is 3. The fraction of sp³-hybridized carbons (Fsp3) is 0.750. The SMILES string of the molecule is CN=C(NCC(O)C1CCCCC1)N(C)Cc1csc(C)n1. The average Bonchev–Trinajstić information content (AvgIpc) is 2.93. The van der Waals surface area contributed by atoms with E-state index in [1.807, 2.05) is 18.9 Å². The van der Waals surface area contributed by atoms with Crippen molar-refractivity contribution in [1.29, 1.82) is 0 Å². The van der Waals surface area contributed by atoms with Crippen molar-refractivity contribution in [2.45, 2.75) is 51.7 Å². The van der Waals surface area contributed by atoms with E-state index < -0.39 is 0 Å². The smallest absolute Gasteiger partial charge is 0.193 e. The Hall–Kier alpha value is -1.14. The normalized spacial score (nSPS) is 18.3. The van der Waals surface area contributed by atoms with Gasteiger partial charge in [-0.3, -0.25) is 4.99 Å². The van der Waals surface area contributed by atoms with Crippen LogP contribution in [0.25, 0.3) is 0 Å². The monoisotopic (exact) mass is 324 g/mol. The Kier molecular flexibility index (Phi) is 6.64. The topological polar surface area (TPSA) is 60.8 Å². The highest BCUT2D eigenvalue weighted by Gasteiger charge is 2.22. The Balaban J connectivity index is 1.80. The molecule has 5 nitrogen and oxygen atoms in total. The molecule has 1 aliphatic rings. The van der Waals surface area contributed by atoms with Crippen LogP contribution in [0.1, 0.15) is 42.8 Å². The predicted molar refractivity (Wildman–Crippen MR) is 92.3 cm³/mol. The summed E-state index contributed by atoms with van der Waals surface area (Å²) in [5.74, 6) is 1.24. The van der Waals surface area contributed by atoms with Gasteiger partial charge in [-0.15, -0.1) is 11.3 Å².